The van der Waals surface area contributed by atoms with Gasteiger partial charge in [0, 0.05) is 46.3 Å². The molecule has 234 valence electrons. The molecule has 0 saturated carbocycles. The van der Waals surface area contributed by atoms with Crippen molar-refractivity contribution in [2.75, 3.05) is 33.4 Å². The number of carbonyl (C=O) groups is 2. The van der Waals surface area contributed by atoms with Gasteiger partial charge < -0.3 is 23.7 Å². The van der Waals surface area contributed by atoms with E-state index in [1.54, 1.807) is 39.0 Å². The third-order valence-electron chi connectivity index (χ3n) is 7.85. The molecule has 0 spiro atoms. The summed E-state index contributed by atoms with van der Waals surface area (Å²) in [6.07, 6.45) is 3.34. The van der Waals surface area contributed by atoms with Gasteiger partial charge in [-0.05, 0) is 51.1 Å². The lowest BCUT2D eigenvalue weighted by Gasteiger charge is -2.27. The first-order valence-electron chi connectivity index (χ1n) is 14.7. The van der Waals surface area contributed by atoms with Gasteiger partial charge in [-0.15, -0.1) is 0 Å². The molecule has 10 nitrogen and oxygen atoms in total. The Labute approximate surface area is 268 Å². The molecule has 4 aromatic rings. The molecular weight excluding hydrogens is 616 g/mol. The lowest BCUT2D eigenvalue weighted by molar-refractivity contribution is -0.143. The molecule has 4 heterocycles. The Bertz CT molecular complexity index is 2020. The van der Waals surface area contributed by atoms with Crippen LogP contribution in [0, 0.1) is 0 Å². The SMILES string of the molecule is COc1ccc(Cl)cc1[C@H]1C(C(=O)OC(C)C)=C(C)N=c2s/c(=C\c3cn(CC(=O)N4CCOCC4)c4ccccc34)c(=O)n21. The van der Waals surface area contributed by atoms with Crippen LogP contribution in [-0.4, -0.2) is 65.4 Å². The van der Waals surface area contributed by atoms with Gasteiger partial charge in [0.2, 0.25) is 5.91 Å². The van der Waals surface area contributed by atoms with Crippen molar-refractivity contribution < 1.29 is 23.8 Å². The van der Waals surface area contributed by atoms with Crippen LogP contribution in [0.15, 0.2) is 69.7 Å². The fourth-order valence-corrected chi connectivity index (χ4v) is 7.01. The highest BCUT2D eigenvalue weighted by Gasteiger charge is 2.35. The summed E-state index contributed by atoms with van der Waals surface area (Å²) in [6, 6.07) is 12.0. The molecule has 12 heteroatoms. The Balaban J connectivity index is 1.49. The maximum absolute atomic E-state index is 14.3. The minimum absolute atomic E-state index is 0.0109. The van der Waals surface area contributed by atoms with E-state index >= 15 is 0 Å². The molecule has 2 aliphatic heterocycles. The zero-order valence-electron chi connectivity index (χ0n) is 25.4. The zero-order chi connectivity index (χ0) is 31.8. The topological polar surface area (TPSA) is 104 Å². The molecule has 2 aromatic carbocycles. The average Bonchev–Trinajstić information content (AvgIpc) is 3.52. The van der Waals surface area contributed by atoms with Gasteiger partial charge in [0.1, 0.15) is 18.3 Å². The molecule has 2 aromatic heterocycles. The number of nitrogens with zero attached hydrogens (tertiary/aromatic N) is 4. The fourth-order valence-electron chi connectivity index (χ4n) is 5.79. The quantitative estimate of drug-likeness (QED) is 0.284. The second-order valence-corrected chi connectivity index (χ2v) is 12.6. The maximum atomic E-state index is 14.3. The number of morpholine rings is 1. The number of carbonyl (C=O) groups excluding carboxylic acids is 2. The smallest absolute Gasteiger partial charge is 0.338 e. The van der Waals surface area contributed by atoms with Gasteiger partial charge in [0.15, 0.2) is 4.80 Å². The van der Waals surface area contributed by atoms with Crippen molar-refractivity contribution in [3.63, 3.8) is 0 Å². The number of para-hydroxylation sites is 1. The fraction of sp³-hybridized carbons (Fsp3) is 0.333. The van der Waals surface area contributed by atoms with Gasteiger partial charge in [0.25, 0.3) is 5.56 Å². The number of halogens is 1. The largest absolute Gasteiger partial charge is 0.496 e. The number of ether oxygens (including phenoxy) is 3. The number of hydrogen-bond donors (Lipinski definition) is 0. The summed E-state index contributed by atoms with van der Waals surface area (Å²) in [5.74, 6) is -0.0890. The highest BCUT2D eigenvalue weighted by Crippen LogP contribution is 2.37. The monoisotopic (exact) mass is 648 g/mol. The van der Waals surface area contributed by atoms with Crippen molar-refractivity contribution in [2.45, 2.75) is 39.5 Å². The van der Waals surface area contributed by atoms with Crippen molar-refractivity contribution in [2.24, 2.45) is 4.99 Å². The molecule has 0 bridgehead atoms. The minimum Gasteiger partial charge on any atom is -0.496 e. The Morgan fingerprint density at radius 3 is 2.67 bits per heavy atom. The standard InChI is InChI=1S/C33H33ClN4O6S/c1-19(2)44-32(41)29-20(3)35-33-38(30(29)24-16-22(34)9-10-26(24)42-4)31(40)27(45-33)15-21-17-37(25-8-6-5-7-23(21)25)18-28(39)36-11-13-43-14-12-36/h5-10,15-17,19,30H,11-14,18H2,1-4H3/b27-15-/t30-/m0/s1. The molecule has 2 aliphatic rings. The van der Waals surface area contributed by atoms with Crippen molar-refractivity contribution in [1.82, 2.24) is 14.0 Å². The van der Waals surface area contributed by atoms with E-state index in [-0.39, 0.29) is 29.7 Å². The Hall–Kier alpha value is -4.19. The Morgan fingerprint density at radius 1 is 1.18 bits per heavy atom. The Morgan fingerprint density at radius 2 is 1.93 bits per heavy atom. The second-order valence-electron chi connectivity index (χ2n) is 11.1. The predicted octanol–water partition coefficient (Wildman–Crippen LogP) is 3.66. The van der Waals surface area contributed by atoms with Crippen LogP contribution >= 0.6 is 22.9 Å². The van der Waals surface area contributed by atoms with Gasteiger partial charge in [-0.3, -0.25) is 14.2 Å². The van der Waals surface area contributed by atoms with Crippen molar-refractivity contribution in [3.8, 4) is 5.75 Å². The maximum Gasteiger partial charge on any atom is 0.338 e. The number of esters is 1. The molecule has 0 radical (unpaired) electrons. The summed E-state index contributed by atoms with van der Waals surface area (Å²) in [5.41, 5.74) is 2.57. The molecule has 0 aliphatic carbocycles. The third-order valence-corrected chi connectivity index (χ3v) is 9.06. The molecular formula is C33H33ClN4O6S. The van der Waals surface area contributed by atoms with Gasteiger partial charge in [-0.1, -0.05) is 41.1 Å². The number of fused-ring (bicyclic) bond motifs is 2. The molecule has 0 N–H and O–H groups in total. The average molecular weight is 649 g/mol. The number of rotatable bonds is 7. The second kappa shape index (κ2) is 12.7. The minimum atomic E-state index is -0.879. The number of thiazole rings is 1. The molecule has 1 fully saturated rings. The summed E-state index contributed by atoms with van der Waals surface area (Å²) in [5, 5.41) is 1.34. The number of benzene rings is 2. The zero-order valence-corrected chi connectivity index (χ0v) is 27.0. The van der Waals surface area contributed by atoms with Gasteiger partial charge in [-0.25, -0.2) is 9.79 Å². The van der Waals surface area contributed by atoms with Gasteiger partial charge in [-0.2, -0.15) is 0 Å². The van der Waals surface area contributed by atoms with Crippen molar-refractivity contribution in [1.29, 1.82) is 0 Å². The highest BCUT2D eigenvalue weighted by molar-refractivity contribution is 7.07. The summed E-state index contributed by atoms with van der Waals surface area (Å²) in [7, 11) is 1.53. The van der Waals surface area contributed by atoms with Crippen LogP contribution in [0.4, 0.5) is 0 Å². The van der Waals surface area contributed by atoms with E-state index in [2.05, 4.69) is 0 Å². The van der Waals surface area contributed by atoms with Crippen LogP contribution in [0.1, 0.15) is 37.9 Å². The summed E-state index contributed by atoms with van der Waals surface area (Å²) in [4.78, 5) is 47.8. The Kier molecular flexibility index (Phi) is 8.67. The van der Waals surface area contributed by atoms with E-state index < -0.39 is 12.0 Å². The van der Waals surface area contributed by atoms with Gasteiger partial charge >= 0.3 is 5.97 Å². The first-order chi connectivity index (χ1) is 21.7. The van der Waals surface area contributed by atoms with E-state index in [4.69, 9.17) is 30.8 Å². The summed E-state index contributed by atoms with van der Waals surface area (Å²) < 4.78 is 20.5. The molecule has 1 saturated heterocycles. The summed E-state index contributed by atoms with van der Waals surface area (Å²) >= 11 is 7.65. The van der Waals surface area contributed by atoms with Crippen LogP contribution < -0.4 is 19.6 Å². The van der Waals surface area contributed by atoms with E-state index in [0.717, 1.165) is 16.5 Å². The van der Waals surface area contributed by atoms with E-state index in [0.29, 0.717) is 57.7 Å². The number of hydrogen-bond acceptors (Lipinski definition) is 8. The molecule has 1 atom stereocenters. The van der Waals surface area contributed by atoms with Crippen LogP contribution in [-0.2, 0) is 25.6 Å². The lowest BCUT2D eigenvalue weighted by Crippen LogP contribution is -2.42. The molecule has 6 rings (SSSR count). The van der Waals surface area contributed by atoms with Crippen LogP contribution in [0.2, 0.25) is 5.02 Å². The van der Waals surface area contributed by atoms with Crippen LogP contribution in [0.5, 0.6) is 5.75 Å². The number of amides is 1. The molecule has 45 heavy (non-hydrogen) atoms. The third kappa shape index (κ3) is 5.95. The molecule has 0 unspecified atom stereocenters. The lowest BCUT2D eigenvalue weighted by atomic mass is 9.95. The summed E-state index contributed by atoms with van der Waals surface area (Å²) in [6.45, 7) is 7.63. The number of methoxy groups -OCH3 is 1. The van der Waals surface area contributed by atoms with Crippen LogP contribution in [0.3, 0.4) is 0 Å². The van der Waals surface area contributed by atoms with E-state index in [1.165, 1.54) is 23.0 Å². The van der Waals surface area contributed by atoms with Crippen LogP contribution in [0.25, 0.3) is 17.0 Å². The normalized spacial score (nSPS) is 17.1. The highest BCUT2D eigenvalue weighted by atomic mass is 35.5. The van der Waals surface area contributed by atoms with E-state index in [9.17, 15) is 14.4 Å². The van der Waals surface area contributed by atoms with Gasteiger partial charge in [0.05, 0.1) is 42.2 Å². The van der Waals surface area contributed by atoms with E-state index in [1.807, 2.05) is 46.0 Å². The van der Waals surface area contributed by atoms with Crippen molar-refractivity contribution >= 4 is 51.8 Å². The first kappa shape index (κ1) is 30.8. The first-order valence-corrected chi connectivity index (χ1v) is 15.9. The molecule has 1 amide bonds. The van der Waals surface area contributed by atoms with Crippen molar-refractivity contribution in [3.05, 3.63) is 95.8 Å². The number of allylic oxidation sites excluding steroid dienone is 1. The number of aromatic nitrogens is 2. The predicted molar refractivity (Wildman–Crippen MR) is 172 cm³/mol.